The van der Waals surface area contributed by atoms with Crippen molar-refractivity contribution in [2.45, 2.75) is 24.9 Å². The smallest absolute Gasteiger partial charge is 0.233 e. The first-order chi connectivity index (χ1) is 9.19. The molecule has 1 amide bonds. The Morgan fingerprint density at radius 1 is 1.53 bits per heavy atom. The number of benzene rings is 1. The van der Waals surface area contributed by atoms with Crippen LogP contribution in [0.15, 0.2) is 36.9 Å². The van der Waals surface area contributed by atoms with Crippen LogP contribution in [0, 0.1) is 0 Å². The number of hydrogen-bond donors (Lipinski definition) is 1. The Hall–Kier alpha value is -1.42. The summed E-state index contributed by atoms with van der Waals surface area (Å²) < 4.78 is 5.57. The summed E-state index contributed by atoms with van der Waals surface area (Å²) in [6.07, 6.45) is 1.68. The van der Waals surface area contributed by atoms with E-state index < -0.39 is 0 Å². The summed E-state index contributed by atoms with van der Waals surface area (Å²) in [4.78, 5) is 11.7. The number of ether oxygens (including phenoxy) is 1. The average molecular weight is 279 g/mol. The van der Waals surface area contributed by atoms with Crippen molar-refractivity contribution in [1.82, 2.24) is 5.32 Å². The fraction of sp³-hybridized carbons (Fsp3) is 0.400. The van der Waals surface area contributed by atoms with Crippen LogP contribution in [0.4, 0.5) is 0 Å². The van der Waals surface area contributed by atoms with E-state index in [2.05, 4.69) is 11.9 Å². The third-order valence-electron chi connectivity index (χ3n) is 2.55. The first kappa shape index (κ1) is 15.6. The van der Waals surface area contributed by atoms with Gasteiger partial charge in [-0.15, -0.1) is 18.3 Å². The molecule has 0 aliphatic rings. The molecule has 0 spiro atoms. The largest absolute Gasteiger partial charge is 0.494 e. The van der Waals surface area contributed by atoms with Crippen LogP contribution in [0.3, 0.4) is 0 Å². The number of amides is 1. The number of rotatable bonds is 8. The molecule has 0 saturated heterocycles. The highest BCUT2D eigenvalue weighted by atomic mass is 32.2. The molecule has 19 heavy (non-hydrogen) atoms. The Balaban J connectivity index is 2.51. The number of nitrogens with one attached hydrogen (secondary N) is 1. The van der Waals surface area contributed by atoms with Gasteiger partial charge in [-0.1, -0.05) is 24.3 Å². The van der Waals surface area contributed by atoms with E-state index in [0.29, 0.717) is 13.2 Å². The summed E-state index contributed by atoms with van der Waals surface area (Å²) in [5, 5.41) is 2.71. The highest BCUT2D eigenvalue weighted by molar-refractivity contribution is 7.99. The van der Waals surface area contributed by atoms with Gasteiger partial charge in [-0.2, -0.15) is 0 Å². The van der Waals surface area contributed by atoms with Crippen LogP contribution in [0.2, 0.25) is 0 Å². The van der Waals surface area contributed by atoms with E-state index in [4.69, 9.17) is 4.74 Å². The fourth-order valence-electron chi connectivity index (χ4n) is 1.53. The molecular weight excluding hydrogens is 258 g/mol. The van der Waals surface area contributed by atoms with Gasteiger partial charge in [0.2, 0.25) is 5.91 Å². The highest BCUT2D eigenvalue weighted by Crippen LogP contribution is 2.25. The van der Waals surface area contributed by atoms with Gasteiger partial charge >= 0.3 is 0 Å². The molecule has 0 saturated carbocycles. The maximum Gasteiger partial charge on any atom is 0.233 e. The maximum atomic E-state index is 11.7. The van der Waals surface area contributed by atoms with E-state index in [1.807, 2.05) is 38.1 Å². The highest BCUT2D eigenvalue weighted by Gasteiger charge is 2.13. The van der Waals surface area contributed by atoms with Gasteiger partial charge in [0.1, 0.15) is 5.75 Å². The second kappa shape index (κ2) is 8.64. The molecular formula is C15H21NO2S. The van der Waals surface area contributed by atoms with Crippen molar-refractivity contribution in [3.63, 3.8) is 0 Å². The van der Waals surface area contributed by atoms with Gasteiger partial charge in [0.05, 0.1) is 11.9 Å². The molecule has 0 aliphatic carbocycles. The molecule has 1 atom stereocenters. The van der Waals surface area contributed by atoms with Crippen LogP contribution in [0.5, 0.6) is 5.75 Å². The zero-order chi connectivity index (χ0) is 14.1. The zero-order valence-electron chi connectivity index (χ0n) is 11.5. The number of para-hydroxylation sites is 1. The molecule has 0 bridgehead atoms. The van der Waals surface area contributed by atoms with Crippen molar-refractivity contribution >= 4 is 17.7 Å². The Morgan fingerprint density at radius 3 is 2.95 bits per heavy atom. The van der Waals surface area contributed by atoms with Gasteiger partial charge in [-0.3, -0.25) is 4.79 Å². The van der Waals surface area contributed by atoms with Gasteiger partial charge in [-0.05, 0) is 19.9 Å². The van der Waals surface area contributed by atoms with Gasteiger partial charge in [0.15, 0.2) is 0 Å². The van der Waals surface area contributed by atoms with Crippen molar-refractivity contribution in [2.75, 3.05) is 13.2 Å². The van der Waals surface area contributed by atoms with Gasteiger partial charge in [0.25, 0.3) is 0 Å². The van der Waals surface area contributed by atoms with E-state index in [0.717, 1.165) is 17.1 Å². The van der Waals surface area contributed by atoms with Gasteiger partial charge in [0, 0.05) is 17.9 Å². The van der Waals surface area contributed by atoms with E-state index in [9.17, 15) is 4.79 Å². The standard InChI is InChI=1S/C15H21NO2S/c1-4-10-16-15(17)12(3)19-11-13-8-6-7-9-14(13)18-5-2/h4,6-9,12H,1,5,10-11H2,2-3H3,(H,16,17). The molecule has 0 fully saturated rings. The summed E-state index contributed by atoms with van der Waals surface area (Å²) in [5.41, 5.74) is 1.12. The van der Waals surface area contributed by atoms with Gasteiger partial charge in [-0.25, -0.2) is 0 Å². The minimum absolute atomic E-state index is 0.0405. The van der Waals surface area contributed by atoms with Crippen molar-refractivity contribution in [2.24, 2.45) is 0 Å². The molecule has 104 valence electrons. The molecule has 0 heterocycles. The SMILES string of the molecule is C=CCNC(=O)C(C)SCc1ccccc1OCC. The van der Waals surface area contributed by atoms with Crippen molar-refractivity contribution in [3.8, 4) is 5.75 Å². The summed E-state index contributed by atoms with van der Waals surface area (Å²) in [6.45, 7) is 8.62. The molecule has 0 aromatic heterocycles. The number of carbonyl (C=O) groups is 1. The van der Waals surface area contributed by atoms with Crippen LogP contribution >= 0.6 is 11.8 Å². The Labute approximate surface area is 119 Å². The molecule has 1 unspecified atom stereocenters. The van der Waals surface area contributed by atoms with Gasteiger partial charge < -0.3 is 10.1 Å². The fourth-order valence-corrected chi connectivity index (χ4v) is 2.43. The lowest BCUT2D eigenvalue weighted by Crippen LogP contribution is -2.30. The predicted octanol–water partition coefficient (Wildman–Crippen LogP) is 3.01. The van der Waals surface area contributed by atoms with E-state index in [-0.39, 0.29) is 11.2 Å². The predicted molar refractivity (Wildman–Crippen MR) is 81.6 cm³/mol. The number of thioether (sulfide) groups is 1. The molecule has 1 aromatic carbocycles. The lowest BCUT2D eigenvalue weighted by Gasteiger charge is -2.13. The first-order valence-corrected chi connectivity index (χ1v) is 7.44. The summed E-state index contributed by atoms with van der Waals surface area (Å²) in [7, 11) is 0. The molecule has 1 rings (SSSR count). The Bertz CT molecular complexity index is 420. The quantitative estimate of drug-likeness (QED) is 0.743. The molecule has 1 N–H and O–H groups in total. The van der Waals surface area contributed by atoms with Crippen LogP contribution in [0.1, 0.15) is 19.4 Å². The van der Waals surface area contributed by atoms with Crippen molar-refractivity contribution < 1.29 is 9.53 Å². The molecule has 3 nitrogen and oxygen atoms in total. The average Bonchev–Trinajstić information content (AvgIpc) is 2.43. The summed E-state index contributed by atoms with van der Waals surface area (Å²) in [5.74, 6) is 1.70. The molecule has 0 aliphatic heterocycles. The zero-order valence-corrected chi connectivity index (χ0v) is 12.3. The van der Waals surface area contributed by atoms with Crippen LogP contribution in [-0.4, -0.2) is 24.3 Å². The summed E-state index contributed by atoms with van der Waals surface area (Å²) in [6, 6.07) is 7.94. The first-order valence-electron chi connectivity index (χ1n) is 6.40. The Morgan fingerprint density at radius 2 is 2.26 bits per heavy atom. The number of carbonyl (C=O) groups excluding carboxylic acids is 1. The Kier molecular flexibility index (Phi) is 7.11. The van der Waals surface area contributed by atoms with Crippen LogP contribution in [0.25, 0.3) is 0 Å². The second-order valence-corrected chi connectivity index (χ2v) is 5.36. The monoisotopic (exact) mass is 279 g/mol. The third-order valence-corrected chi connectivity index (χ3v) is 3.74. The number of hydrogen-bond acceptors (Lipinski definition) is 3. The van der Waals surface area contributed by atoms with E-state index >= 15 is 0 Å². The van der Waals surface area contributed by atoms with E-state index in [1.165, 1.54) is 0 Å². The summed E-state index contributed by atoms with van der Waals surface area (Å²) >= 11 is 1.60. The van der Waals surface area contributed by atoms with Crippen molar-refractivity contribution in [1.29, 1.82) is 0 Å². The lowest BCUT2D eigenvalue weighted by molar-refractivity contribution is -0.120. The molecule has 0 radical (unpaired) electrons. The van der Waals surface area contributed by atoms with Crippen LogP contribution < -0.4 is 10.1 Å². The van der Waals surface area contributed by atoms with Crippen molar-refractivity contribution in [3.05, 3.63) is 42.5 Å². The van der Waals surface area contributed by atoms with Crippen LogP contribution in [-0.2, 0) is 10.5 Å². The lowest BCUT2D eigenvalue weighted by atomic mass is 10.2. The molecule has 1 aromatic rings. The normalized spacial score (nSPS) is 11.7. The van der Waals surface area contributed by atoms with E-state index in [1.54, 1.807) is 17.8 Å². The minimum Gasteiger partial charge on any atom is -0.494 e. The third kappa shape index (κ3) is 5.39. The second-order valence-electron chi connectivity index (χ2n) is 4.03. The maximum absolute atomic E-state index is 11.7. The minimum atomic E-state index is -0.0883. The topological polar surface area (TPSA) is 38.3 Å². The molecule has 4 heteroatoms.